The summed E-state index contributed by atoms with van der Waals surface area (Å²) < 4.78 is 0. The van der Waals surface area contributed by atoms with Gasteiger partial charge in [-0.1, -0.05) is 36.4 Å². The van der Waals surface area contributed by atoms with Gasteiger partial charge in [0.2, 0.25) is 0 Å². The van der Waals surface area contributed by atoms with E-state index in [2.05, 4.69) is 41.7 Å². The average molecular weight is 169 g/mol. The van der Waals surface area contributed by atoms with Crippen molar-refractivity contribution in [1.29, 1.82) is 0 Å². The van der Waals surface area contributed by atoms with Crippen LogP contribution in [0.4, 0.5) is 0 Å². The molecular formula is C12H11N. The molecule has 2 aromatic rings. The van der Waals surface area contributed by atoms with Crippen molar-refractivity contribution in [2.75, 3.05) is 7.05 Å². The van der Waals surface area contributed by atoms with Crippen LogP contribution >= 0.6 is 0 Å². The van der Waals surface area contributed by atoms with Gasteiger partial charge in [0.25, 0.3) is 0 Å². The van der Waals surface area contributed by atoms with Crippen LogP contribution in [0.2, 0.25) is 0 Å². The SMILES string of the molecule is CNC1c2ccc3ccccc3c21. The van der Waals surface area contributed by atoms with E-state index in [0.29, 0.717) is 6.04 Å². The molecule has 1 N–H and O–H groups in total. The molecule has 0 radical (unpaired) electrons. The van der Waals surface area contributed by atoms with Gasteiger partial charge in [-0.3, -0.25) is 0 Å². The van der Waals surface area contributed by atoms with E-state index in [4.69, 9.17) is 0 Å². The molecule has 64 valence electrons. The average Bonchev–Trinajstić information content (AvgIpc) is 2.91. The summed E-state index contributed by atoms with van der Waals surface area (Å²) in [6.07, 6.45) is 0. The van der Waals surface area contributed by atoms with Crippen LogP contribution in [0.25, 0.3) is 10.8 Å². The van der Waals surface area contributed by atoms with Gasteiger partial charge in [-0.2, -0.15) is 0 Å². The first kappa shape index (κ1) is 7.10. The smallest absolute Gasteiger partial charge is 0.0587 e. The van der Waals surface area contributed by atoms with Gasteiger partial charge in [-0.15, -0.1) is 0 Å². The molecule has 0 aromatic heterocycles. The lowest BCUT2D eigenvalue weighted by atomic mass is 10.1. The molecule has 3 rings (SSSR count). The zero-order chi connectivity index (χ0) is 8.84. The number of rotatable bonds is 1. The normalized spacial score (nSPS) is 18.7. The minimum absolute atomic E-state index is 0.514. The summed E-state index contributed by atoms with van der Waals surface area (Å²) in [6, 6.07) is 13.5. The Bertz CT molecular complexity index is 474. The predicted octanol–water partition coefficient (Wildman–Crippen LogP) is 2.46. The molecule has 0 saturated carbocycles. The first-order chi connectivity index (χ1) is 6.42. The van der Waals surface area contributed by atoms with Gasteiger partial charge in [0.15, 0.2) is 0 Å². The van der Waals surface area contributed by atoms with E-state index in [1.807, 2.05) is 7.05 Å². The van der Waals surface area contributed by atoms with E-state index in [-0.39, 0.29) is 0 Å². The van der Waals surface area contributed by atoms with Gasteiger partial charge in [-0.05, 0) is 28.9 Å². The molecule has 1 atom stereocenters. The Morgan fingerprint density at radius 2 is 1.92 bits per heavy atom. The summed E-state index contributed by atoms with van der Waals surface area (Å²) in [5, 5.41) is 6.04. The monoisotopic (exact) mass is 169 g/mol. The van der Waals surface area contributed by atoms with Crippen molar-refractivity contribution >= 4 is 10.8 Å². The summed E-state index contributed by atoms with van der Waals surface area (Å²) in [4.78, 5) is 0. The van der Waals surface area contributed by atoms with E-state index in [1.165, 1.54) is 21.9 Å². The lowest BCUT2D eigenvalue weighted by Crippen LogP contribution is -2.00. The molecule has 1 heteroatoms. The Kier molecular flexibility index (Phi) is 1.27. The number of hydrogen-bond acceptors (Lipinski definition) is 1. The van der Waals surface area contributed by atoms with Gasteiger partial charge in [0.1, 0.15) is 0 Å². The molecule has 1 aliphatic rings. The van der Waals surface area contributed by atoms with Crippen LogP contribution in [0, 0.1) is 0 Å². The summed E-state index contributed by atoms with van der Waals surface area (Å²) >= 11 is 0. The van der Waals surface area contributed by atoms with Crippen molar-refractivity contribution in [2.45, 2.75) is 6.04 Å². The van der Waals surface area contributed by atoms with Crippen LogP contribution in [-0.4, -0.2) is 7.05 Å². The molecule has 1 unspecified atom stereocenters. The molecule has 0 bridgehead atoms. The fraction of sp³-hybridized carbons (Fsp3) is 0.167. The third-order valence-corrected chi connectivity index (χ3v) is 2.81. The molecule has 0 aliphatic heterocycles. The van der Waals surface area contributed by atoms with Crippen molar-refractivity contribution in [1.82, 2.24) is 5.32 Å². The number of nitrogens with one attached hydrogen (secondary N) is 1. The fourth-order valence-electron chi connectivity index (χ4n) is 2.10. The van der Waals surface area contributed by atoms with E-state index >= 15 is 0 Å². The molecule has 13 heavy (non-hydrogen) atoms. The maximum atomic E-state index is 3.30. The van der Waals surface area contributed by atoms with Gasteiger partial charge in [0, 0.05) is 0 Å². The Labute approximate surface area is 77.4 Å². The highest BCUT2D eigenvalue weighted by Gasteiger charge is 2.32. The Hall–Kier alpha value is -1.34. The summed E-state index contributed by atoms with van der Waals surface area (Å²) in [7, 11) is 2.01. The van der Waals surface area contributed by atoms with E-state index in [1.54, 1.807) is 0 Å². The van der Waals surface area contributed by atoms with Crippen LogP contribution in [0.15, 0.2) is 36.4 Å². The highest BCUT2D eigenvalue weighted by Crippen LogP contribution is 2.45. The molecule has 0 saturated heterocycles. The van der Waals surface area contributed by atoms with E-state index in [9.17, 15) is 0 Å². The lowest BCUT2D eigenvalue weighted by molar-refractivity contribution is 0.804. The maximum Gasteiger partial charge on any atom is 0.0587 e. The second-order valence-electron chi connectivity index (χ2n) is 3.51. The van der Waals surface area contributed by atoms with Crippen molar-refractivity contribution in [2.24, 2.45) is 0 Å². The van der Waals surface area contributed by atoms with Crippen LogP contribution in [0.1, 0.15) is 17.2 Å². The number of hydrogen-bond donors (Lipinski definition) is 1. The second kappa shape index (κ2) is 2.33. The topological polar surface area (TPSA) is 12.0 Å². The van der Waals surface area contributed by atoms with E-state index in [0.717, 1.165) is 0 Å². The molecule has 1 aliphatic carbocycles. The highest BCUT2D eigenvalue weighted by molar-refractivity contribution is 5.91. The maximum absolute atomic E-state index is 3.30. The quantitative estimate of drug-likeness (QED) is 0.691. The van der Waals surface area contributed by atoms with Crippen molar-refractivity contribution in [3.8, 4) is 0 Å². The Balaban J connectivity index is 2.32. The second-order valence-corrected chi connectivity index (χ2v) is 3.51. The highest BCUT2D eigenvalue weighted by atomic mass is 14.9. The first-order valence-electron chi connectivity index (χ1n) is 4.60. The Morgan fingerprint density at radius 3 is 2.77 bits per heavy atom. The van der Waals surface area contributed by atoms with Crippen LogP contribution in [0.5, 0.6) is 0 Å². The van der Waals surface area contributed by atoms with Crippen LogP contribution in [0.3, 0.4) is 0 Å². The summed E-state index contributed by atoms with van der Waals surface area (Å²) in [6.45, 7) is 0. The minimum atomic E-state index is 0.514. The molecule has 0 amide bonds. The van der Waals surface area contributed by atoms with Crippen molar-refractivity contribution in [3.05, 3.63) is 47.5 Å². The third kappa shape index (κ3) is 0.850. The predicted molar refractivity (Wildman–Crippen MR) is 54.9 cm³/mol. The van der Waals surface area contributed by atoms with Gasteiger partial charge in [0.05, 0.1) is 6.04 Å². The van der Waals surface area contributed by atoms with Gasteiger partial charge >= 0.3 is 0 Å². The largest absolute Gasteiger partial charge is 0.309 e. The number of benzene rings is 2. The molecule has 0 heterocycles. The first-order valence-corrected chi connectivity index (χ1v) is 4.60. The molecule has 0 spiro atoms. The van der Waals surface area contributed by atoms with Crippen molar-refractivity contribution in [3.63, 3.8) is 0 Å². The molecule has 2 aromatic carbocycles. The van der Waals surface area contributed by atoms with Gasteiger partial charge < -0.3 is 5.32 Å². The minimum Gasteiger partial charge on any atom is -0.309 e. The zero-order valence-corrected chi connectivity index (χ0v) is 7.54. The van der Waals surface area contributed by atoms with Crippen LogP contribution in [-0.2, 0) is 0 Å². The van der Waals surface area contributed by atoms with E-state index < -0.39 is 0 Å². The van der Waals surface area contributed by atoms with Crippen molar-refractivity contribution < 1.29 is 0 Å². The lowest BCUT2D eigenvalue weighted by Gasteiger charge is -1.93. The molecule has 0 fully saturated rings. The zero-order valence-electron chi connectivity index (χ0n) is 7.54. The fourth-order valence-corrected chi connectivity index (χ4v) is 2.10. The summed E-state index contributed by atoms with van der Waals surface area (Å²) in [5.74, 6) is 0. The molecule has 1 nitrogen and oxygen atoms in total. The van der Waals surface area contributed by atoms with Gasteiger partial charge in [-0.25, -0.2) is 0 Å². The standard InChI is InChI=1S/C12H11N/c1-13-12-10-7-6-8-4-2-3-5-9(8)11(10)12/h2-7,12-13H,1H3. The number of fused-ring (bicyclic) bond motifs is 3. The summed E-state index contributed by atoms with van der Waals surface area (Å²) in [5.41, 5.74) is 2.95. The molecular weight excluding hydrogens is 158 g/mol. The van der Waals surface area contributed by atoms with Crippen LogP contribution < -0.4 is 5.32 Å². The Morgan fingerprint density at radius 1 is 1.08 bits per heavy atom. The third-order valence-electron chi connectivity index (χ3n) is 2.81.